The van der Waals surface area contributed by atoms with Gasteiger partial charge in [-0.3, -0.25) is 4.90 Å². The summed E-state index contributed by atoms with van der Waals surface area (Å²) in [6.45, 7) is 11.1. The van der Waals surface area contributed by atoms with Crippen LogP contribution in [0.4, 0.5) is 4.79 Å². The van der Waals surface area contributed by atoms with Crippen LogP contribution < -0.4 is 0 Å². The van der Waals surface area contributed by atoms with Crippen LogP contribution in [0.25, 0.3) is 0 Å². The first-order valence-corrected chi connectivity index (χ1v) is 7.42. The number of nitriles is 1. The third-order valence-corrected chi connectivity index (χ3v) is 3.40. The van der Waals surface area contributed by atoms with Gasteiger partial charge in [0.1, 0.15) is 5.60 Å². The fourth-order valence-electron chi connectivity index (χ4n) is 2.34. The molecule has 0 N–H and O–H groups in total. The average Bonchev–Trinajstić information content (AvgIpc) is 2.34. The highest BCUT2D eigenvalue weighted by atomic mass is 16.6. The van der Waals surface area contributed by atoms with Gasteiger partial charge in [-0.2, -0.15) is 5.26 Å². The van der Waals surface area contributed by atoms with Gasteiger partial charge >= 0.3 is 6.09 Å². The topological polar surface area (TPSA) is 56.6 Å². The maximum atomic E-state index is 12.0. The second-order valence-electron chi connectivity index (χ2n) is 6.43. The van der Waals surface area contributed by atoms with E-state index in [9.17, 15) is 4.79 Å². The Hall–Kier alpha value is -1.28. The van der Waals surface area contributed by atoms with Crippen molar-refractivity contribution >= 4 is 6.09 Å². The number of hydrogen-bond donors (Lipinski definition) is 0. The summed E-state index contributed by atoms with van der Waals surface area (Å²) in [7, 11) is 0. The molecule has 1 fully saturated rings. The molecule has 0 spiro atoms. The van der Waals surface area contributed by atoms with Gasteiger partial charge in [-0.1, -0.05) is 0 Å². The Morgan fingerprint density at radius 1 is 1.35 bits per heavy atom. The number of amides is 1. The molecular formula is C15H27N3O2. The van der Waals surface area contributed by atoms with Crippen molar-refractivity contribution in [1.29, 1.82) is 5.26 Å². The van der Waals surface area contributed by atoms with E-state index in [1.165, 1.54) is 0 Å². The predicted molar refractivity (Wildman–Crippen MR) is 78.3 cm³/mol. The van der Waals surface area contributed by atoms with E-state index in [4.69, 9.17) is 10.00 Å². The Morgan fingerprint density at radius 2 is 2.05 bits per heavy atom. The molecule has 1 atom stereocenters. The van der Waals surface area contributed by atoms with Crippen molar-refractivity contribution in [3.8, 4) is 6.07 Å². The van der Waals surface area contributed by atoms with Crippen molar-refractivity contribution in [1.82, 2.24) is 9.80 Å². The zero-order valence-corrected chi connectivity index (χ0v) is 13.2. The molecule has 1 saturated heterocycles. The van der Waals surface area contributed by atoms with Crippen molar-refractivity contribution in [2.45, 2.75) is 58.6 Å². The number of nitrogens with zero attached hydrogens (tertiary/aromatic N) is 3. The van der Waals surface area contributed by atoms with Crippen LogP contribution >= 0.6 is 0 Å². The highest BCUT2D eigenvalue weighted by Crippen LogP contribution is 2.15. The van der Waals surface area contributed by atoms with Gasteiger partial charge in [0, 0.05) is 32.1 Å². The molecule has 0 aromatic rings. The maximum absolute atomic E-state index is 12.0. The first kappa shape index (κ1) is 16.8. The van der Waals surface area contributed by atoms with Gasteiger partial charge in [-0.05, 0) is 47.1 Å². The molecule has 5 heteroatoms. The zero-order chi connectivity index (χ0) is 15.2. The van der Waals surface area contributed by atoms with E-state index in [-0.39, 0.29) is 6.09 Å². The Morgan fingerprint density at radius 3 is 2.60 bits per heavy atom. The van der Waals surface area contributed by atoms with Crippen molar-refractivity contribution in [2.24, 2.45) is 0 Å². The molecule has 114 valence electrons. The van der Waals surface area contributed by atoms with Gasteiger partial charge in [0.25, 0.3) is 0 Å². The molecule has 1 rings (SSSR count). The molecule has 0 aromatic heterocycles. The number of rotatable bonds is 4. The smallest absolute Gasteiger partial charge is 0.410 e. The summed E-state index contributed by atoms with van der Waals surface area (Å²) in [6, 6.07) is 2.52. The minimum Gasteiger partial charge on any atom is -0.444 e. The Kier molecular flexibility index (Phi) is 6.28. The fraction of sp³-hybridized carbons (Fsp3) is 0.867. The Labute approximate surface area is 122 Å². The molecule has 20 heavy (non-hydrogen) atoms. The minimum atomic E-state index is -0.436. The molecule has 0 bridgehead atoms. The molecule has 0 aromatic carbocycles. The van der Waals surface area contributed by atoms with Crippen LogP contribution in [-0.2, 0) is 4.74 Å². The predicted octanol–water partition coefficient (Wildman–Crippen LogP) is 2.62. The van der Waals surface area contributed by atoms with E-state index < -0.39 is 5.60 Å². The molecule has 0 unspecified atom stereocenters. The summed E-state index contributed by atoms with van der Waals surface area (Å²) in [6.07, 6.45) is 2.42. The van der Waals surface area contributed by atoms with Crippen LogP contribution in [0.5, 0.6) is 0 Å². The lowest BCUT2D eigenvalue weighted by atomic mass is 10.1. The fourth-order valence-corrected chi connectivity index (χ4v) is 2.34. The van der Waals surface area contributed by atoms with Gasteiger partial charge in [-0.15, -0.1) is 0 Å². The number of piperazine rings is 1. The average molecular weight is 281 g/mol. The maximum Gasteiger partial charge on any atom is 0.410 e. The Bertz CT molecular complexity index is 357. The lowest BCUT2D eigenvalue weighted by Crippen LogP contribution is -2.54. The molecular weight excluding hydrogens is 254 g/mol. The van der Waals surface area contributed by atoms with E-state index in [2.05, 4.69) is 17.9 Å². The highest BCUT2D eigenvalue weighted by Gasteiger charge is 2.29. The largest absolute Gasteiger partial charge is 0.444 e. The van der Waals surface area contributed by atoms with Crippen LogP contribution in [0, 0.1) is 11.3 Å². The SMILES string of the molecule is C[C@H]1CN(C(=O)OC(C)(C)C)CCN1CCCCC#N. The molecule has 0 saturated carbocycles. The monoisotopic (exact) mass is 281 g/mol. The summed E-state index contributed by atoms with van der Waals surface area (Å²) < 4.78 is 5.41. The summed E-state index contributed by atoms with van der Waals surface area (Å²) in [4.78, 5) is 16.2. The number of carbonyl (C=O) groups excluding carboxylic acids is 1. The van der Waals surface area contributed by atoms with Gasteiger partial charge in [0.05, 0.1) is 6.07 Å². The van der Waals surface area contributed by atoms with Crippen LogP contribution in [0.3, 0.4) is 0 Å². The summed E-state index contributed by atoms with van der Waals surface area (Å²) in [5.74, 6) is 0. The van der Waals surface area contributed by atoms with E-state index in [1.54, 1.807) is 4.90 Å². The molecule has 1 amide bonds. The van der Waals surface area contributed by atoms with Crippen molar-refractivity contribution in [2.75, 3.05) is 26.2 Å². The second-order valence-corrected chi connectivity index (χ2v) is 6.43. The quantitative estimate of drug-likeness (QED) is 0.743. The normalized spacial score (nSPS) is 20.6. The second kappa shape index (κ2) is 7.49. The van der Waals surface area contributed by atoms with Crippen LogP contribution in [0.15, 0.2) is 0 Å². The highest BCUT2D eigenvalue weighted by molar-refractivity contribution is 5.68. The molecule has 0 radical (unpaired) electrons. The Balaban J connectivity index is 2.35. The first-order chi connectivity index (χ1) is 9.33. The summed E-state index contributed by atoms with van der Waals surface area (Å²) in [5, 5.41) is 8.52. The van der Waals surface area contributed by atoms with Crippen LogP contribution in [0.1, 0.15) is 47.0 Å². The molecule has 1 heterocycles. The van der Waals surface area contributed by atoms with Crippen LogP contribution in [0.2, 0.25) is 0 Å². The van der Waals surface area contributed by atoms with E-state index in [0.717, 1.165) is 32.5 Å². The number of ether oxygens (including phenoxy) is 1. The van der Waals surface area contributed by atoms with Gasteiger partial charge in [-0.25, -0.2) is 4.79 Å². The van der Waals surface area contributed by atoms with E-state index in [1.807, 2.05) is 20.8 Å². The van der Waals surface area contributed by atoms with Crippen molar-refractivity contribution in [3.63, 3.8) is 0 Å². The number of unbranched alkanes of at least 4 members (excludes halogenated alkanes) is 2. The van der Waals surface area contributed by atoms with Gasteiger partial charge in [0.15, 0.2) is 0 Å². The molecule has 1 aliphatic heterocycles. The van der Waals surface area contributed by atoms with Gasteiger partial charge < -0.3 is 9.64 Å². The molecule has 5 nitrogen and oxygen atoms in total. The standard InChI is InChI=1S/C15H27N3O2/c1-13-12-18(14(19)20-15(2,3)4)11-10-17(13)9-7-5-6-8-16/h13H,5-7,9-12H2,1-4H3/t13-/m0/s1. The lowest BCUT2D eigenvalue weighted by molar-refractivity contribution is 0.00564. The summed E-state index contributed by atoms with van der Waals surface area (Å²) >= 11 is 0. The van der Waals surface area contributed by atoms with Crippen molar-refractivity contribution < 1.29 is 9.53 Å². The zero-order valence-electron chi connectivity index (χ0n) is 13.2. The van der Waals surface area contributed by atoms with Crippen molar-refractivity contribution in [3.05, 3.63) is 0 Å². The minimum absolute atomic E-state index is 0.214. The summed E-state index contributed by atoms with van der Waals surface area (Å²) in [5.41, 5.74) is -0.436. The van der Waals surface area contributed by atoms with Gasteiger partial charge in [0.2, 0.25) is 0 Å². The number of hydrogen-bond acceptors (Lipinski definition) is 4. The first-order valence-electron chi connectivity index (χ1n) is 7.42. The van der Waals surface area contributed by atoms with E-state index in [0.29, 0.717) is 19.0 Å². The third kappa shape index (κ3) is 5.79. The third-order valence-electron chi connectivity index (χ3n) is 3.40. The number of carbonyl (C=O) groups is 1. The van der Waals surface area contributed by atoms with E-state index >= 15 is 0 Å². The van der Waals surface area contributed by atoms with Crippen LogP contribution in [-0.4, -0.2) is 53.7 Å². The molecule has 1 aliphatic rings. The lowest BCUT2D eigenvalue weighted by Gasteiger charge is -2.40. The molecule has 0 aliphatic carbocycles.